The van der Waals surface area contributed by atoms with Gasteiger partial charge in [0, 0.05) is 6.42 Å². The van der Waals surface area contributed by atoms with Crippen molar-refractivity contribution >= 4 is 17.2 Å². The summed E-state index contributed by atoms with van der Waals surface area (Å²) in [5.41, 5.74) is 5.50. The molecule has 1 atom stereocenters. The van der Waals surface area contributed by atoms with E-state index < -0.39 is 0 Å². The Morgan fingerprint density at radius 2 is 1.88 bits per heavy atom. The van der Waals surface area contributed by atoms with Gasteiger partial charge in [-0.1, -0.05) is 19.1 Å². The fourth-order valence-electron chi connectivity index (χ4n) is 1.34. The standard InChI is InChI=1S/C12H17NO2S/c1-3-9(8-12(13)16)15-11-6-4-10(14-2)5-7-11/h4-7,9H,3,8H2,1-2H3,(H2,13,16). The topological polar surface area (TPSA) is 44.5 Å². The lowest BCUT2D eigenvalue weighted by molar-refractivity contribution is 0.205. The second kappa shape index (κ2) is 6.33. The first-order chi connectivity index (χ1) is 7.65. The van der Waals surface area contributed by atoms with E-state index >= 15 is 0 Å². The van der Waals surface area contributed by atoms with Crippen molar-refractivity contribution in [2.75, 3.05) is 7.11 Å². The Morgan fingerprint density at radius 1 is 1.31 bits per heavy atom. The van der Waals surface area contributed by atoms with Crippen molar-refractivity contribution in [3.8, 4) is 11.5 Å². The highest BCUT2D eigenvalue weighted by Gasteiger charge is 2.09. The number of rotatable bonds is 6. The SMILES string of the molecule is CCC(CC(N)=S)Oc1ccc(OC)cc1. The van der Waals surface area contributed by atoms with Gasteiger partial charge in [-0.25, -0.2) is 0 Å². The number of hydrogen-bond acceptors (Lipinski definition) is 3. The molecule has 3 nitrogen and oxygen atoms in total. The Balaban J connectivity index is 2.59. The van der Waals surface area contributed by atoms with Gasteiger partial charge in [-0.15, -0.1) is 0 Å². The molecule has 0 heterocycles. The Bertz CT molecular complexity index is 337. The lowest BCUT2D eigenvalue weighted by Crippen LogP contribution is -2.23. The monoisotopic (exact) mass is 239 g/mol. The van der Waals surface area contributed by atoms with E-state index in [1.807, 2.05) is 31.2 Å². The summed E-state index contributed by atoms with van der Waals surface area (Å²) >= 11 is 4.87. The Hall–Kier alpha value is -1.29. The summed E-state index contributed by atoms with van der Waals surface area (Å²) < 4.78 is 10.8. The minimum absolute atomic E-state index is 0.0471. The molecule has 88 valence electrons. The third kappa shape index (κ3) is 4.06. The van der Waals surface area contributed by atoms with E-state index in [2.05, 4.69) is 0 Å². The number of benzene rings is 1. The van der Waals surface area contributed by atoms with Crippen LogP contribution in [0.2, 0.25) is 0 Å². The largest absolute Gasteiger partial charge is 0.497 e. The van der Waals surface area contributed by atoms with Crippen LogP contribution in [0.25, 0.3) is 0 Å². The van der Waals surface area contributed by atoms with Crippen LogP contribution < -0.4 is 15.2 Å². The van der Waals surface area contributed by atoms with Gasteiger partial charge in [0.25, 0.3) is 0 Å². The number of nitrogens with two attached hydrogens (primary N) is 1. The van der Waals surface area contributed by atoms with E-state index in [1.54, 1.807) is 7.11 Å². The van der Waals surface area contributed by atoms with Crippen LogP contribution >= 0.6 is 12.2 Å². The summed E-state index contributed by atoms with van der Waals surface area (Å²) in [6.45, 7) is 2.05. The zero-order chi connectivity index (χ0) is 12.0. The first-order valence-electron chi connectivity index (χ1n) is 5.24. The molecule has 0 spiro atoms. The summed E-state index contributed by atoms with van der Waals surface area (Å²) in [5.74, 6) is 1.62. The van der Waals surface area contributed by atoms with Crippen molar-refractivity contribution in [1.29, 1.82) is 0 Å². The van der Waals surface area contributed by atoms with E-state index in [0.29, 0.717) is 11.4 Å². The van der Waals surface area contributed by atoms with Crippen molar-refractivity contribution in [1.82, 2.24) is 0 Å². The van der Waals surface area contributed by atoms with Crippen molar-refractivity contribution < 1.29 is 9.47 Å². The molecule has 2 N–H and O–H groups in total. The molecule has 4 heteroatoms. The van der Waals surface area contributed by atoms with E-state index in [0.717, 1.165) is 17.9 Å². The molecule has 0 saturated carbocycles. The van der Waals surface area contributed by atoms with Gasteiger partial charge in [0.15, 0.2) is 0 Å². The molecule has 0 aromatic heterocycles. The van der Waals surface area contributed by atoms with E-state index in [9.17, 15) is 0 Å². The van der Waals surface area contributed by atoms with Crippen LogP contribution in [-0.4, -0.2) is 18.2 Å². The normalized spacial score (nSPS) is 11.9. The predicted molar refractivity (Wildman–Crippen MR) is 69.1 cm³/mol. The molecule has 16 heavy (non-hydrogen) atoms. The number of ether oxygens (including phenoxy) is 2. The quantitative estimate of drug-likeness (QED) is 0.775. The summed E-state index contributed by atoms with van der Waals surface area (Å²) in [7, 11) is 1.64. The maximum absolute atomic E-state index is 5.75. The van der Waals surface area contributed by atoms with Crippen molar-refractivity contribution in [3.63, 3.8) is 0 Å². The highest BCUT2D eigenvalue weighted by atomic mass is 32.1. The molecule has 1 rings (SSSR count). The average molecular weight is 239 g/mol. The zero-order valence-electron chi connectivity index (χ0n) is 9.60. The summed E-state index contributed by atoms with van der Waals surface area (Å²) in [6.07, 6.45) is 1.53. The van der Waals surface area contributed by atoms with E-state index in [4.69, 9.17) is 27.4 Å². The van der Waals surface area contributed by atoms with Gasteiger partial charge in [-0.3, -0.25) is 0 Å². The Kier molecular flexibility index (Phi) is 5.05. The second-order valence-corrected chi connectivity index (χ2v) is 4.02. The first-order valence-corrected chi connectivity index (χ1v) is 5.65. The molecule has 0 aliphatic carbocycles. The number of hydrogen-bond donors (Lipinski definition) is 1. The van der Waals surface area contributed by atoms with Crippen LogP contribution in [0.1, 0.15) is 19.8 Å². The molecule has 1 aromatic carbocycles. The van der Waals surface area contributed by atoms with Crippen LogP contribution in [0.15, 0.2) is 24.3 Å². The average Bonchev–Trinajstić information content (AvgIpc) is 2.28. The van der Waals surface area contributed by atoms with E-state index in [1.165, 1.54) is 0 Å². The minimum atomic E-state index is 0.0471. The minimum Gasteiger partial charge on any atom is -0.497 e. The Labute approximate surface area is 102 Å². The van der Waals surface area contributed by atoms with Crippen molar-refractivity contribution in [3.05, 3.63) is 24.3 Å². The van der Waals surface area contributed by atoms with Gasteiger partial charge in [-0.05, 0) is 30.7 Å². The van der Waals surface area contributed by atoms with Gasteiger partial charge >= 0.3 is 0 Å². The summed E-state index contributed by atoms with van der Waals surface area (Å²) in [5, 5.41) is 0. The summed E-state index contributed by atoms with van der Waals surface area (Å²) in [4.78, 5) is 0.486. The maximum atomic E-state index is 5.75. The van der Waals surface area contributed by atoms with Gasteiger partial charge in [-0.2, -0.15) is 0 Å². The van der Waals surface area contributed by atoms with Gasteiger partial charge in [0.05, 0.1) is 12.1 Å². The molecule has 0 aliphatic heterocycles. The lowest BCUT2D eigenvalue weighted by atomic mass is 10.2. The smallest absolute Gasteiger partial charge is 0.120 e. The van der Waals surface area contributed by atoms with Crippen molar-refractivity contribution in [2.45, 2.75) is 25.9 Å². The molecule has 0 bridgehead atoms. The van der Waals surface area contributed by atoms with Crippen LogP contribution in [0.4, 0.5) is 0 Å². The molecule has 0 amide bonds. The molecule has 0 radical (unpaired) electrons. The lowest BCUT2D eigenvalue weighted by Gasteiger charge is -2.16. The third-order valence-electron chi connectivity index (χ3n) is 2.25. The fourth-order valence-corrected chi connectivity index (χ4v) is 1.53. The summed E-state index contributed by atoms with van der Waals surface area (Å²) in [6, 6.07) is 7.48. The number of methoxy groups -OCH3 is 1. The van der Waals surface area contributed by atoms with E-state index in [-0.39, 0.29) is 6.10 Å². The highest BCUT2D eigenvalue weighted by molar-refractivity contribution is 7.80. The van der Waals surface area contributed by atoms with Crippen LogP contribution in [-0.2, 0) is 0 Å². The van der Waals surface area contributed by atoms with Crippen LogP contribution in [0.5, 0.6) is 11.5 Å². The fraction of sp³-hybridized carbons (Fsp3) is 0.417. The van der Waals surface area contributed by atoms with Crippen LogP contribution in [0.3, 0.4) is 0 Å². The molecule has 0 aliphatic rings. The second-order valence-electron chi connectivity index (χ2n) is 3.49. The molecule has 1 unspecified atom stereocenters. The molecule has 1 aromatic rings. The predicted octanol–water partition coefficient (Wildman–Crippen LogP) is 2.53. The molecular formula is C12H17NO2S. The Morgan fingerprint density at radius 3 is 2.31 bits per heavy atom. The molecular weight excluding hydrogens is 222 g/mol. The van der Waals surface area contributed by atoms with Gasteiger partial charge < -0.3 is 15.2 Å². The van der Waals surface area contributed by atoms with Gasteiger partial charge in [0.1, 0.15) is 17.6 Å². The third-order valence-corrected chi connectivity index (χ3v) is 2.41. The van der Waals surface area contributed by atoms with Gasteiger partial charge in [0.2, 0.25) is 0 Å². The highest BCUT2D eigenvalue weighted by Crippen LogP contribution is 2.19. The molecule has 0 fully saturated rings. The zero-order valence-corrected chi connectivity index (χ0v) is 10.4. The first kappa shape index (κ1) is 12.8. The van der Waals surface area contributed by atoms with Crippen LogP contribution in [0, 0.1) is 0 Å². The maximum Gasteiger partial charge on any atom is 0.120 e. The molecule has 0 saturated heterocycles. The van der Waals surface area contributed by atoms with Crippen molar-refractivity contribution in [2.24, 2.45) is 5.73 Å². The number of thiocarbonyl (C=S) groups is 1.